The van der Waals surface area contributed by atoms with Gasteiger partial charge in [0.25, 0.3) is 0 Å². The zero-order valence-corrected chi connectivity index (χ0v) is 9.25. The van der Waals surface area contributed by atoms with E-state index in [1.807, 2.05) is 20.8 Å². The zero-order chi connectivity index (χ0) is 10.8. The number of hydrogen-bond donors (Lipinski definition) is 3. The van der Waals surface area contributed by atoms with E-state index < -0.39 is 0 Å². The standard InChI is InChI=1S/C10H21N3O/c1-10(2,3)13-9(11)12-6-8(14)7-4-5-7/h7-8,14H,4-6H2,1-3H3,(H3,11,12,13). The van der Waals surface area contributed by atoms with Crippen LogP contribution >= 0.6 is 0 Å². The molecule has 4 N–H and O–H groups in total. The van der Waals surface area contributed by atoms with Crippen molar-refractivity contribution in [3.63, 3.8) is 0 Å². The molecule has 0 heterocycles. The summed E-state index contributed by atoms with van der Waals surface area (Å²) in [6.07, 6.45) is 1.95. The Morgan fingerprint density at radius 1 is 1.57 bits per heavy atom. The SMILES string of the molecule is CC(C)(C)NC(N)=NCC(O)C1CC1. The van der Waals surface area contributed by atoms with Crippen molar-refractivity contribution in [1.82, 2.24) is 5.32 Å². The third kappa shape index (κ3) is 4.46. The Balaban J connectivity index is 2.28. The van der Waals surface area contributed by atoms with Gasteiger partial charge in [0, 0.05) is 5.54 Å². The van der Waals surface area contributed by atoms with E-state index >= 15 is 0 Å². The van der Waals surface area contributed by atoms with E-state index in [2.05, 4.69) is 10.3 Å². The fourth-order valence-electron chi connectivity index (χ4n) is 1.25. The van der Waals surface area contributed by atoms with Crippen LogP contribution in [-0.2, 0) is 0 Å². The molecule has 82 valence electrons. The van der Waals surface area contributed by atoms with Crippen LogP contribution < -0.4 is 11.1 Å². The van der Waals surface area contributed by atoms with E-state index in [1.54, 1.807) is 0 Å². The summed E-state index contributed by atoms with van der Waals surface area (Å²) in [6.45, 7) is 6.48. The van der Waals surface area contributed by atoms with Crippen LogP contribution in [0.15, 0.2) is 4.99 Å². The minimum absolute atomic E-state index is 0.0713. The Bertz CT molecular complexity index is 216. The summed E-state index contributed by atoms with van der Waals surface area (Å²) < 4.78 is 0. The first-order chi connectivity index (χ1) is 6.38. The highest BCUT2D eigenvalue weighted by Crippen LogP contribution is 2.32. The molecule has 0 spiro atoms. The van der Waals surface area contributed by atoms with Crippen molar-refractivity contribution >= 4 is 5.96 Å². The molecular formula is C10H21N3O. The summed E-state index contributed by atoms with van der Waals surface area (Å²) in [7, 11) is 0. The van der Waals surface area contributed by atoms with Gasteiger partial charge in [-0.05, 0) is 39.5 Å². The Hall–Kier alpha value is -0.770. The van der Waals surface area contributed by atoms with Gasteiger partial charge in [-0.1, -0.05) is 0 Å². The van der Waals surface area contributed by atoms with Crippen LogP contribution in [0, 0.1) is 5.92 Å². The predicted octanol–water partition coefficient (Wildman–Crippen LogP) is 0.460. The van der Waals surface area contributed by atoms with E-state index in [0.29, 0.717) is 18.4 Å². The maximum Gasteiger partial charge on any atom is 0.189 e. The molecule has 1 unspecified atom stereocenters. The third-order valence-corrected chi connectivity index (χ3v) is 2.12. The van der Waals surface area contributed by atoms with Crippen molar-refractivity contribution in [2.75, 3.05) is 6.54 Å². The van der Waals surface area contributed by atoms with Crippen molar-refractivity contribution in [2.24, 2.45) is 16.6 Å². The first-order valence-electron chi connectivity index (χ1n) is 5.14. The van der Waals surface area contributed by atoms with Crippen LogP contribution in [0.5, 0.6) is 0 Å². The van der Waals surface area contributed by atoms with Crippen LogP contribution in [0.1, 0.15) is 33.6 Å². The summed E-state index contributed by atoms with van der Waals surface area (Å²) in [5, 5.41) is 12.6. The number of nitrogens with two attached hydrogens (primary N) is 1. The van der Waals surface area contributed by atoms with E-state index in [-0.39, 0.29) is 11.6 Å². The van der Waals surface area contributed by atoms with Crippen molar-refractivity contribution < 1.29 is 5.11 Å². The maximum atomic E-state index is 9.55. The third-order valence-electron chi connectivity index (χ3n) is 2.12. The van der Waals surface area contributed by atoms with Gasteiger partial charge in [0.1, 0.15) is 0 Å². The largest absolute Gasteiger partial charge is 0.391 e. The molecule has 1 saturated carbocycles. The molecule has 0 bridgehead atoms. The molecule has 4 nitrogen and oxygen atoms in total. The van der Waals surface area contributed by atoms with Crippen LogP contribution in [0.4, 0.5) is 0 Å². The van der Waals surface area contributed by atoms with Gasteiger partial charge in [-0.3, -0.25) is 4.99 Å². The minimum Gasteiger partial charge on any atom is -0.391 e. The van der Waals surface area contributed by atoms with E-state index in [0.717, 1.165) is 12.8 Å². The average Bonchev–Trinajstić information content (AvgIpc) is 2.78. The van der Waals surface area contributed by atoms with Gasteiger partial charge in [-0.2, -0.15) is 0 Å². The highest BCUT2D eigenvalue weighted by molar-refractivity contribution is 5.78. The highest BCUT2D eigenvalue weighted by atomic mass is 16.3. The van der Waals surface area contributed by atoms with Gasteiger partial charge in [0.05, 0.1) is 12.6 Å². The van der Waals surface area contributed by atoms with Gasteiger partial charge in [-0.15, -0.1) is 0 Å². The second kappa shape index (κ2) is 4.17. The number of rotatable bonds is 3. The Morgan fingerprint density at radius 3 is 2.57 bits per heavy atom. The van der Waals surface area contributed by atoms with Gasteiger partial charge in [0.15, 0.2) is 5.96 Å². The molecule has 1 atom stereocenters. The smallest absolute Gasteiger partial charge is 0.189 e. The van der Waals surface area contributed by atoms with Crippen LogP contribution in [0.25, 0.3) is 0 Å². The molecule has 0 radical (unpaired) electrons. The van der Waals surface area contributed by atoms with Crippen LogP contribution in [-0.4, -0.2) is 29.3 Å². The summed E-state index contributed by atoms with van der Waals surface area (Å²) in [5.41, 5.74) is 5.59. The van der Waals surface area contributed by atoms with E-state index in [9.17, 15) is 5.11 Å². The van der Waals surface area contributed by atoms with Gasteiger partial charge in [-0.25, -0.2) is 0 Å². The molecule has 1 aliphatic rings. The normalized spacial score (nSPS) is 20.7. The second-order valence-corrected chi connectivity index (χ2v) is 5.01. The number of guanidine groups is 1. The van der Waals surface area contributed by atoms with Crippen molar-refractivity contribution in [3.8, 4) is 0 Å². The van der Waals surface area contributed by atoms with Crippen molar-refractivity contribution in [3.05, 3.63) is 0 Å². The molecule has 0 aromatic heterocycles. The lowest BCUT2D eigenvalue weighted by Crippen LogP contribution is -2.45. The fraction of sp³-hybridized carbons (Fsp3) is 0.900. The molecular weight excluding hydrogens is 178 g/mol. The first-order valence-corrected chi connectivity index (χ1v) is 5.14. The predicted molar refractivity (Wildman–Crippen MR) is 58.1 cm³/mol. The summed E-state index contributed by atoms with van der Waals surface area (Å²) in [4.78, 5) is 4.10. The Kier molecular flexibility index (Phi) is 3.37. The maximum absolute atomic E-state index is 9.55. The zero-order valence-electron chi connectivity index (χ0n) is 9.25. The first kappa shape index (κ1) is 11.3. The van der Waals surface area contributed by atoms with Crippen LogP contribution in [0.2, 0.25) is 0 Å². The summed E-state index contributed by atoms with van der Waals surface area (Å²) in [6, 6.07) is 0. The molecule has 1 aliphatic carbocycles. The number of aliphatic hydroxyl groups is 1. The summed E-state index contributed by atoms with van der Waals surface area (Å²) >= 11 is 0. The molecule has 14 heavy (non-hydrogen) atoms. The second-order valence-electron chi connectivity index (χ2n) is 5.01. The van der Waals surface area contributed by atoms with Crippen molar-refractivity contribution in [1.29, 1.82) is 0 Å². The number of aliphatic imine (C=N–C) groups is 1. The molecule has 0 aromatic carbocycles. The lowest BCUT2D eigenvalue weighted by Gasteiger charge is -2.21. The van der Waals surface area contributed by atoms with Crippen LogP contribution in [0.3, 0.4) is 0 Å². The molecule has 0 aromatic rings. The quantitative estimate of drug-likeness (QED) is 0.457. The molecule has 1 fully saturated rings. The topological polar surface area (TPSA) is 70.6 Å². The summed E-state index contributed by atoms with van der Waals surface area (Å²) in [5.74, 6) is 0.874. The highest BCUT2D eigenvalue weighted by Gasteiger charge is 2.29. The Morgan fingerprint density at radius 2 is 2.14 bits per heavy atom. The number of nitrogens with one attached hydrogen (secondary N) is 1. The molecule has 1 rings (SSSR count). The number of hydrogen-bond acceptors (Lipinski definition) is 2. The fourth-order valence-corrected chi connectivity index (χ4v) is 1.25. The van der Waals surface area contributed by atoms with E-state index in [4.69, 9.17) is 5.73 Å². The number of aliphatic hydroxyl groups excluding tert-OH is 1. The van der Waals surface area contributed by atoms with Gasteiger partial charge in [0.2, 0.25) is 0 Å². The van der Waals surface area contributed by atoms with Gasteiger partial charge < -0.3 is 16.2 Å². The molecule has 0 amide bonds. The lowest BCUT2D eigenvalue weighted by molar-refractivity contribution is 0.160. The monoisotopic (exact) mass is 199 g/mol. The minimum atomic E-state index is -0.310. The molecule has 4 heteroatoms. The number of nitrogens with zero attached hydrogens (tertiary/aromatic N) is 1. The molecule has 0 saturated heterocycles. The van der Waals surface area contributed by atoms with Gasteiger partial charge >= 0.3 is 0 Å². The Labute approximate surface area is 85.6 Å². The van der Waals surface area contributed by atoms with Crippen molar-refractivity contribution in [2.45, 2.75) is 45.3 Å². The lowest BCUT2D eigenvalue weighted by atomic mass is 10.1. The average molecular weight is 199 g/mol. The molecule has 0 aliphatic heterocycles. The van der Waals surface area contributed by atoms with E-state index in [1.165, 1.54) is 0 Å².